The third-order valence-electron chi connectivity index (χ3n) is 3.14. The Hall–Kier alpha value is -2.38. The van der Waals surface area contributed by atoms with E-state index in [9.17, 15) is 18.4 Å². The minimum Gasteiger partial charge on any atom is -0.493 e. The summed E-state index contributed by atoms with van der Waals surface area (Å²) in [5.74, 6) is -1.03. The van der Waals surface area contributed by atoms with Crippen LogP contribution >= 0.6 is 0 Å². The van der Waals surface area contributed by atoms with Gasteiger partial charge in [-0.25, -0.2) is 13.6 Å². The van der Waals surface area contributed by atoms with Gasteiger partial charge in [-0.2, -0.15) is 0 Å². The maximum absolute atomic E-state index is 12.3. The van der Waals surface area contributed by atoms with Gasteiger partial charge < -0.3 is 19.9 Å². The van der Waals surface area contributed by atoms with Gasteiger partial charge in [0.15, 0.2) is 11.5 Å². The molecule has 6 nitrogen and oxygen atoms in total. The van der Waals surface area contributed by atoms with Gasteiger partial charge in [-0.15, -0.1) is 0 Å². The lowest BCUT2D eigenvalue weighted by molar-refractivity contribution is -0.143. The molecule has 1 amide bonds. The number of methoxy groups -OCH3 is 2. The molecule has 0 saturated heterocycles. The largest absolute Gasteiger partial charge is 0.493 e. The van der Waals surface area contributed by atoms with Crippen molar-refractivity contribution >= 4 is 11.9 Å². The number of hydrogen-bond acceptors (Lipinski definition) is 4. The number of halogens is 2. The standard InChI is InChI=1S/C15H19F2NO5/c1-22-11-5-3-9(7-12(11)23-2)4-6-14(19)18-10(15(20)21)8-13(16)17/h3,5,7,10,13H,4,6,8H2,1-2H3,(H,18,19)(H,20,21). The molecule has 0 aliphatic carbocycles. The topological polar surface area (TPSA) is 84.9 Å². The van der Waals surface area contributed by atoms with Gasteiger partial charge in [-0.3, -0.25) is 4.79 Å². The van der Waals surface area contributed by atoms with Crippen molar-refractivity contribution in [2.24, 2.45) is 0 Å². The van der Waals surface area contributed by atoms with Crippen LogP contribution in [-0.4, -0.2) is 43.7 Å². The molecule has 0 heterocycles. The third-order valence-corrected chi connectivity index (χ3v) is 3.14. The average molecular weight is 331 g/mol. The van der Waals surface area contributed by atoms with Crippen LogP contribution in [0.3, 0.4) is 0 Å². The molecule has 23 heavy (non-hydrogen) atoms. The van der Waals surface area contributed by atoms with Crippen LogP contribution in [0.4, 0.5) is 8.78 Å². The second-order valence-electron chi connectivity index (χ2n) is 4.77. The number of amides is 1. The molecule has 0 aromatic heterocycles. The fraction of sp³-hybridized carbons (Fsp3) is 0.467. The van der Waals surface area contributed by atoms with Gasteiger partial charge >= 0.3 is 5.97 Å². The number of rotatable bonds is 9. The molecule has 128 valence electrons. The van der Waals surface area contributed by atoms with Gasteiger partial charge in [-0.1, -0.05) is 6.07 Å². The number of carboxylic acids is 1. The van der Waals surface area contributed by atoms with Crippen LogP contribution in [0.2, 0.25) is 0 Å². The summed E-state index contributed by atoms with van der Waals surface area (Å²) in [5, 5.41) is 10.9. The van der Waals surface area contributed by atoms with Crippen LogP contribution in [0.5, 0.6) is 11.5 Å². The van der Waals surface area contributed by atoms with E-state index < -0.39 is 30.8 Å². The van der Waals surface area contributed by atoms with Gasteiger partial charge in [0.25, 0.3) is 0 Å². The maximum Gasteiger partial charge on any atom is 0.326 e. The Bertz CT molecular complexity index is 551. The first kappa shape index (κ1) is 18.7. The van der Waals surface area contributed by atoms with Gasteiger partial charge in [0.1, 0.15) is 6.04 Å². The van der Waals surface area contributed by atoms with Crippen LogP contribution < -0.4 is 14.8 Å². The summed E-state index contributed by atoms with van der Waals surface area (Å²) in [6, 6.07) is 3.53. The van der Waals surface area contributed by atoms with E-state index in [4.69, 9.17) is 14.6 Å². The maximum atomic E-state index is 12.3. The molecule has 0 radical (unpaired) electrons. The summed E-state index contributed by atoms with van der Waals surface area (Å²) in [6.45, 7) is 0. The predicted octanol–water partition coefficient (Wildman–Crippen LogP) is 1.86. The highest BCUT2D eigenvalue weighted by Gasteiger charge is 2.23. The fourth-order valence-electron chi connectivity index (χ4n) is 1.96. The molecular formula is C15H19F2NO5. The number of ether oxygens (including phenoxy) is 2. The van der Waals surface area contributed by atoms with Crippen molar-refractivity contribution in [2.45, 2.75) is 31.7 Å². The first-order chi connectivity index (χ1) is 10.9. The monoisotopic (exact) mass is 331 g/mol. The van der Waals surface area contributed by atoms with E-state index in [2.05, 4.69) is 5.32 Å². The van der Waals surface area contributed by atoms with E-state index in [1.807, 2.05) is 0 Å². The number of nitrogens with one attached hydrogen (secondary N) is 1. The highest BCUT2D eigenvalue weighted by molar-refractivity contribution is 5.83. The van der Waals surface area contributed by atoms with E-state index in [0.29, 0.717) is 17.9 Å². The van der Waals surface area contributed by atoms with Gasteiger partial charge in [0.2, 0.25) is 12.3 Å². The number of aryl methyl sites for hydroxylation is 1. The molecule has 0 aliphatic rings. The number of hydrogen-bond donors (Lipinski definition) is 2. The molecule has 1 atom stereocenters. The van der Waals surface area contributed by atoms with Crippen LogP contribution in [0.25, 0.3) is 0 Å². The van der Waals surface area contributed by atoms with Crippen molar-refractivity contribution in [3.63, 3.8) is 0 Å². The Morgan fingerprint density at radius 1 is 1.22 bits per heavy atom. The Balaban J connectivity index is 2.60. The minimum atomic E-state index is -2.80. The summed E-state index contributed by atoms with van der Waals surface area (Å²) >= 11 is 0. The summed E-state index contributed by atoms with van der Waals surface area (Å²) < 4.78 is 34.8. The summed E-state index contributed by atoms with van der Waals surface area (Å²) in [4.78, 5) is 22.5. The van der Waals surface area contributed by atoms with E-state index in [-0.39, 0.29) is 6.42 Å². The lowest BCUT2D eigenvalue weighted by Crippen LogP contribution is -2.42. The summed E-state index contributed by atoms with van der Waals surface area (Å²) in [5.41, 5.74) is 0.776. The van der Waals surface area contributed by atoms with Crippen LogP contribution in [0, 0.1) is 0 Å². The molecule has 1 unspecified atom stereocenters. The van der Waals surface area contributed by atoms with E-state index in [1.165, 1.54) is 14.2 Å². The number of carbonyl (C=O) groups excluding carboxylic acids is 1. The molecule has 0 saturated carbocycles. The normalized spacial score (nSPS) is 11.9. The smallest absolute Gasteiger partial charge is 0.326 e. The average Bonchev–Trinajstić information content (AvgIpc) is 2.51. The Kier molecular flexibility index (Phi) is 7.24. The van der Waals surface area contributed by atoms with Crippen LogP contribution in [0.15, 0.2) is 18.2 Å². The molecule has 0 aliphatic heterocycles. The number of alkyl halides is 2. The molecule has 2 N–H and O–H groups in total. The Labute approximate surface area is 132 Å². The van der Waals surface area contributed by atoms with Crippen LogP contribution in [-0.2, 0) is 16.0 Å². The number of carboxylic acid groups (broad SMARTS) is 1. The molecule has 1 rings (SSSR count). The zero-order valence-corrected chi connectivity index (χ0v) is 12.8. The minimum absolute atomic E-state index is 0.0253. The van der Waals surface area contributed by atoms with Gasteiger partial charge in [0, 0.05) is 12.8 Å². The second kappa shape index (κ2) is 8.92. The Morgan fingerprint density at radius 2 is 1.87 bits per heavy atom. The third kappa shape index (κ3) is 6.09. The van der Waals surface area contributed by atoms with Crippen molar-refractivity contribution in [1.29, 1.82) is 0 Å². The summed E-state index contributed by atoms with van der Waals surface area (Å²) in [7, 11) is 2.98. The first-order valence-electron chi connectivity index (χ1n) is 6.88. The van der Waals surface area contributed by atoms with E-state index in [0.717, 1.165) is 5.56 Å². The first-order valence-corrected chi connectivity index (χ1v) is 6.88. The zero-order chi connectivity index (χ0) is 17.4. The quantitative estimate of drug-likeness (QED) is 0.721. The lowest BCUT2D eigenvalue weighted by atomic mass is 10.1. The molecule has 0 bridgehead atoms. The van der Waals surface area contributed by atoms with Crippen LogP contribution in [0.1, 0.15) is 18.4 Å². The summed E-state index contributed by atoms with van der Waals surface area (Å²) in [6.07, 6.45) is -3.44. The van der Waals surface area contributed by atoms with Crippen molar-refractivity contribution in [3.8, 4) is 11.5 Å². The molecule has 1 aromatic carbocycles. The molecule has 0 spiro atoms. The molecule has 0 fully saturated rings. The lowest BCUT2D eigenvalue weighted by Gasteiger charge is -2.14. The van der Waals surface area contributed by atoms with Gasteiger partial charge in [-0.05, 0) is 24.1 Å². The van der Waals surface area contributed by atoms with Crippen molar-refractivity contribution in [1.82, 2.24) is 5.32 Å². The van der Waals surface area contributed by atoms with E-state index in [1.54, 1.807) is 18.2 Å². The zero-order valence-electron chi connectivity index (χ0n) is 12.8. The van der Waals surface area contributed by atoms with Crippen molar-refractivity contribution < 1.29 is 33.0 Å². The highest BCUT2D eigenvalue weighted by Crippen LogP contribution is 2.27. The van der Waals surface area contributed by atoms with Crippen molar-refractivity contribution in [2.75, 3.05) is 14.2 Å². The molecular weight excluding hydrogens is 312 g/mol. The molecule has 1 aromatic rings. The highest BCUT2D eigenvalue weighted by atomic mass is 19.3. The number of carbonyl (C=O) groups is 2. The fourth-order valence-corrected chi connectivity index (χ4v) is 1.96. The van der Waals surface area contributed by atoms with Crippen molar-refractivity contribution in [3.05, 3.63) is 23.8 Å². The number of benzene rings is 1. The van der Waals surface area contributed by atoms with E-state index >= 15 is 0 Å². The van der Waals surface area contributed by atoms with Gasteiger partial charge in [0.05, 0.1) is 14.2 Å². The SMILES string of the molecule is COc1ccc(CCC(=O)NC(CC(F)F)C(=O)O)cc1OC. The second-order valence-corrected chi connectivity index (χ2v) is 4.77. The number of aliphatic carboxylic acids is 1. The molecule has 8 heteroatoms. The predicted molar refractivity (Wildman–Crippen MR) is 78.1 cm³/mol. The Morgan fingerprint density at radius 3 is 2.39 bits per heavy atom.